The highest BCUT2D eigenvalue weighted by molar-refractivity contribution is 6.30. The predicted octanol–water partition coefficient (Wildman–Crippen LogP) is 3.48. The average molecular weight is 495 g/mol. The lowest BCUT2D eigenvalue weighted by Gasteiger charge is -2.19. The van der Waals surface area contributed by atoms with E-state index in [2.05, 4.69) is 39.9 Å². The Balaban J connectivity index is 1.34. The zero-order valence-corrected chi connectivity index (χ0v) is 20.6. The first kappa shape index (κ1) is 25.1. The third-order valence-electron chi connectivity index (χ3n) is 5.80. The number of pyridine rings is 2. The van der Waals surface area contributed by atoms with Crippen LogP contribution >= 0.6 is 11.6 Å². The number of aliphatic hydroxyl groups excluding tert-OH is 1. The van der Waals surface area contributed by atoms with Crippen LogP contribution in [-0.4, -0.2) is 40.4 Å². The van der Waals surface area contributed by atoms with Gasteiger partial charge in [-0.1, -0.05) is 29.8 Å². The van der Waals surface area contributed by atoms with Gasteiger partial charge in [0.05, 0.1) is 16.8 Å². The standard InChI is InChI=1S/C27H31ClN4O3/c1-19(33)15-29-9-10-30-16-20-2-3-22-13-25(7-4-21(22)12-20)32-11-8-26(14-27(32)34)35-18-24-6-5-23(28)17-31-24/h2-3,5-6,8,11-14,17,19,29-30,33H,4,7,9-10,15-16,18H2,1H3/t19-/m1/s1. The number of allylic oxidation sites excluding steroid dienone is 1. The molecule has 7 nitrogen and oxygen atoms in total. The molecule has 0 spiro atoms. The lowest BCUT2D eigenvalue weighted by molar-refractivity contribution is 0.191. The number of benzene rings is 1. The van der Waals surface area contributed by atoms with Gasteiger partial charge in [-0.25, -0.2) is 0 Å². The van der Waals surface area contributed by atoms with E-state index in [1.807, 2.05) is 0 Å². The highest BCUT2D eigenvalue weighted by atomic mass is 35.5. The monoisotopic (exact) mass is 494 g/mol. The summed E-state index contributed by atoms with van der Waals surface area (Å²) >= 11 is 5.86. The second-order valence-corrected chi connectivity index (χ2v) is 9.16. The lowest BCUT2D eigenvalue weighted by atomic mass is 9.93. The molecule has 0 saturated carbocycles. The number of hydrogen-bond donors (Lipinski definition) is 3. The highest BCUT2D eigenvalue weighted by Gasteiger charge is 2.14. The van der Waals surface area contributed by atoms with Crippen LogP contribution in [0.5, 0.6) is 5.75 Å². The maximum Gasteiger partial charge on any atom is 0.258 e. The number of aliphatic hydroxyl groups is 1. The van der Waals surface area contributed by atoms with E-state index in [0.717, 1.165) is 49.4 Å². The Labute approximate surface area is 210 Å². The molecule has 3 aromatic rings. The summed E-state index contributed by atoms with van der Waals surface area (Å²) in [5.74, 6) is 0.512. The molecule has 0 radical (unpaired) electrons. The van der Waals surface area contributed by atoms with Crippen LogP contribution in [0.15, 0.2) is 59.7 Å². The van der Waals surface area contributed by atoms with Gasteiger partial charge in [0, 0.05) is 50.3 Å². The van der Waals surface area contributed by atoms with Crippen molar-refractivity contribution < 1.29 is 9.84 Å². The average Bonchev–Trinajstić information content (AvgIpc) is 2.85. The van der Waals surface area contributed by atoms with E-state index in [0.29, 0.717) is 17.3 Å². The van der Waals surface area contributed by atoms with E-state index in [1.165, 1.54) is 17.2 Å². The molecule has 2 heterocycles. The van der Waals surface area contributed by atoms with Crippen molar-refractivity contribution in [1.29, 1.82) is 0 Å². The van der Waals surface area contributed by atoms with E-state index < -0.39 is 0 Å². The summed E-state index contributed by atoms with van der Waals surface area (Å²) in [5, 5.41) is 16.5. The fraction of sp³-hybridized carbons (Fsp3) is 0.333. The minimum Gasteiger partial charge on any atom is -0.487 e. The van der Waals surface area contributed by atoms with Crippen LogP contribution in [0.4, 0.5) is 0 Å². The van der Waals surface area contributed by atoms with Gasteiger partial charge in [0.25, 0.3) is 5.56 Å². The first-order valence-corrected chi connectivity index (χ1v) is 12.2. The van der Waals surface area contributed by atoms with E-state index in [1.54, 1.807) is 42.1 Å². The first-order valence-electron chi connectivity index (χ1n) is 11.9. The highest BCUT2D eigenvalue weighted by Crippen LogP contribution is 2.27. The van der Waals surface area contributed by atoms with Crippen LogP contribution in [0.25, 0.3) is 11.8 Å². The van der Waals surface area contributed by atoms with Gasteiger partial charge in [0.1, 0.15) is 12.4 Å². The van der Waals surface area contributed by atoms with Gasteiger partial charge in [0.2, 0.25) is 0 Å². The summed E-state index contributed by atoms with van der Waals surface area (Å²) in [5.41, 5.74) is 5.28. The third-order valence-corrected chi connectivity index (χ3v) is 6.03. The lowest BCUT2D eigenvalue weighted by Crippen LogP contribution is -2.31. The first-order chi connectivity index (χ1) is 17.0. The maximum absolute atomic E-state index is 12.8. The van der Waals surface area contributed by atoms with E-state index in [-0.39, 0.29) is 18.3 Å². The van der Waals surface area contributed by atoms with Crippen molar-refractivity contribution >= 4 is 23.4 Å². The topological polar surface area (TPSA) is 88.4 Å². The Morgan fingerprint density at radius 1 is 1.14 bits per heavy atom. The quantitative estimate of drug-likeness (QED) is 0.354. The van der Waals surface area contributed by atoms with Crippen molar-refractivity contribution in [1.82, 2.24) is 20.2 Å². The number of rotatable bonds is 11. The number of hydrogen-bond acceptors (Lipinski definition) is 6. The van der Waals surface area contributed by atoms with Crippen molar-refractivity contribution in [2.45, 2.75) is 39.0 Å². The second-order valence-electron chi connectivity index (χ2n) is 8.73. The van der Waals surface area contributed by atoms with Crippen LogP contribution in [-0.2, 0) is 19.6 Å². The Kier molecular flexibility index (Phi) is 8.71. The summed E-state index contributed by atoms with van der Waals surface area (Å²) in [6, 6.07) is 13.4. The van der Waals surface area contributed by atoms with Gasteiger partial charge in [0.15, 0.2) is 0 Å². The Hall–Kier alpha value is -2.97. The number of halogens is 1. The smallest absolute Gasteiger partial charge is 0.258 e. The number of nitrogens with zero attached hydrogens (tertiary/aromatic N) is 2. The molecule has 3 N–H and O–H groups in total. The maximum atomic E-state index is 12.8. The Morgan fingerprint density at radius 2 is 2.00 bits per heavy atom. The molecule has 0 saturated heterocycles. The van der Waals surface area contributed by atoms with Crippen molar-refractivity contribution in [2.75, 3.05) is 19.6 Å². The fourth-order valence-electron chi connectivity index (χ4n) is 3.99. The van der Waals surface area contributed by atoms with Gasteiger partial charge in [-0.3, -0.25) is 14.3 Å². The summed E-state index contributed by atoms with van der Waals surface area (Å²) in [7, 11) is 0. The molecule has 0 fully saturated rings. The third kappa shape index (κ3) is 7.26. The van der Waals surface area contributed by atoms with Gasteiger partial charge in [-0.05, 0) is 60.7 Å². The molecular formula is C27H31ClN4O3. The summed E-state index contributed by atoms with van der Waals surface area (Å²) < 4.78 is 7.42. The van der Waals surface area contributed by atoms with Crippen LogP contribution in [0.1, 0.15) is 35.7 Å². The molecule has 0 amide bonds. The Bertz CT molecular complexity index is 1220. The number of aryl methyl sites for hydroxylation is 1. The van der Waals surface area contributed by atoms with Gasteiger partial charge in [-0.2, -0.15) is 0 Å². The normalized spacial score (nSPS) is 13.7. The second kappa shape index (κ2) is 12.1. The van der Waals surface area contributed by atoms with Crippen LogP contribution in [0, 0.1) is 0 Å². The molecule has 0 unspecified atom stereocenters. The van der Waals surface area contributed by atoms with Crippen molar-refractivity contribution in [2.24, 2.45) is 0 Å². The molecule has 4 rings (SSSR count). The van der Waals surface area contributed by atoms with Crippen molar-refractivity contribution in [3.05, 3.63) is 92.6 Å². The molecule has 184 valence electrons. The predicted molar refractivity (Wildman–Crippen MR) is 139 cm³/mol. The zero-order valence-electron chi connectivity index (χ0n) is 19.8. The van der Waals surface area contributed by atoms with E-state index in [4.69, 9.17) is 16.3 Å². The molecular weight excluding hydrogens is 464 g/mol. The molecule has 1 aliphatic carbocycles. The van der Waals surface area contributed by atoms with Crippen LogP contribution in [0.3, 0.4) is 0 Å². The molecule has 1 atom stereocenters. The van der Waals surface area contributed by atoms with Gasteiger partial charge in [-0.15, -0.1) is 0 Å². The number of ether oxygens (including phenoxy) is 1. The number of nitrogens with one attached hydrogen (secondary N) is 2. The Morgan fingerprint density at radius 3 is 2.77 bits per heavy atom. The van der Waals surface area contributed by atoms with E-state index in [9.17, 15) is 9.90 Å². The largest absolute Gasteiger partial charge is 0.487 e. The van der Waals surface area contributed by atoms with Crippen LogP contribution < -0.4 is 20.9 Å². The molecule has 1 aliphatic rings. The van der Waals surface area contributed by atoms with Gasteiger partial charge < -0.3 is 20.5 Å². The molecule has 0 aliphatic heterocycles. The summed E-state index contributed by atoms with van der Waals surface area (Å²) in [4.78, 5) is 17.0. The van der Waals surface area contributed by atoms with E-state index >= 15 is 0 Å². The van der Waals surface area contributed by atoms with Crippen molar-refractivity contribution in [3.8, 4) is 5.75 Å². The molecule has 1 aromatic carbocycles. The van der Waals surface area contributed by atoms with Gasteiger partial charge >= 0.3 is 0 Å². The number of fused-ring (bicyclic) bond motifs is 1. The molecule has 0 bridgehead atoms. The SMILES string of the molecule is C[C@@H](O)CNCCNCc1ccc2c(c1)CCC(n1ccc(OCc3ccc(Cl)cn3)cc1=O)=C2. The molecule has 2 aromatic heterocycles. The summed E-state index contributed by atoms with van der Waals surface area (Å²) in [6.07, 6.45) is 6.79. The fourth-order valence-corrected chi connectivity index (χ4v) is 4.10. The molecule has 8 heteroatoms. The molecule has 35 heavy (non-hydrogen) atoms. The number of aromatic nitrogens is 2. The minimum atomic E-state index is -0.326. The minimum absolute atomic E-state index is 0.119. The van der Waals surface area contributed by atoms with Crippen molar-refractivity contribution in [3.63, 3.8) is 0 Å². The van der Waals surface area contributed by atoms with Crippen LogP contribution in [0.2, 0.25) is 5.02 Å². The zero-order chi connectivity index (χ0) is 24.6. The summed E-state index contributed by atoms with van der Waals surface area (Å²) in [6.45, 7) is 5.11.